The number of nitrogens with two attached hydrogens (primary N) is 1. The van der Waals surface area contributed by atoms with Crippen molar-refractivity contribution < 1.29 is 14.3 Å². The second-order valence-corrected chi connectivity index (χ2v) is 5.15. The van der Waals surface area contributed by atoms with Crippen molar-refractivity contribution in [3.05, 3.63) is 65.7 Å². The molecule has 3 N–H and O–H groups in total. The second kappa shape index (κ2) is 7.79. The third-order valence-electron chi connectivity index (χ3n) is 3.35. The van der Waals surface area contributed by atoms with Crippen molar-refractivity contribution in [1.29, 1.82) is 5.26 Å². The van der Waals surface area contributed by atoms with Gasteiger partial charge in [0.05, 0.1) is 11.6 Å². The van der Waals surface area contributed by atoms with Crippen molar-refractivity contribution in [2.24, 2.45) is 5.73 Å². The van der Waals surface area contributed by atoms with Gasteiger partial charge in [-0.2, -0.15) is 5.26 Å². The number of rotatable bonds is 6. The third kappa shape index (κ3) is 4.34. The molecule has 6 nitrogen and oxygen atoms in total. The van der Waals surface area contributed by atoms with Crippen molar-refractivity contribution in [2.45, 2.75) is 19.1 Å². The maximum atomic E-state index is 12.3. The Bertz CT molecular complexity index is 769. The van der Waals surface area contributed by atoms with E-state index >= 15 is 0 Å². The van der Waals surface area contributed by atoms with E-state index in [0.29, 0.717) is 16.9 Å². The third-order valence-corrected chi connectivity index (χ3v) is 3.35. The molecule has 0 spiro atoms. The van der Waals surface area contributed by atoms with E-state index in [0.717, 1.165) is 0 Å². The van der Waals surface area contributed by atoms with Gasteiger partial charge >= 0.3 is 0 Å². The van der Waals surface area contributed by atoms with Crippen LogP contribution in [0.4, 0.5) is 0 Å². The summed E-state index contributed by atoms with van der Waals surface area (Å²) in [7, 11) is 0. The zero-order valence-corrected chi connectivity index (χ0v) is 13.1. The van der Waals surface area contributed by atoms with Gasteiger partial charge in [-0.05, 0) is 30.7 Å². The normalized spacial score (nSPS) is 12.5. The summed E-state index contributed by atoms with van der Waals surface area (Å²) in [5.74, 6) is -0.745. The number of ether oxygens (including phenoxy) is 1. The molecule has 0 unspecified atom stereocenters. The van der Waals surface area contributed by atoms with Gasteiger partial charge in [0.25, 0.3) is 5.91 Å². The van der Waals surface area contributed by atoms with Crippen LogP contribution in [0, 0.1) is 11.3 Å². The first-order valence-electron chi connectivity index (χ1n) is 7.32. The molecule has 0 fully saturated rings. The highest BCUT2D eigenvalue weighted by molar-refractivity contribution is 5.89. The molecule has 0 aliphatic carbocycles. The molecule has 2 aromatic carbocycles. The van der Waals surface area contributed by atoms with Gasteiger partial charge in [-0.25, -0.2) is 0 Å². The highest BCUT2D eigenvalue weighted by Gasteiger charge is 2.24. The fourth-order valence-electron chi connectivity index (χ4n) is 2.12. The summed E-state index contributed by atoms with van der Waals surface area (Å²) >= 11 is 0. The molecule has 6 heteroatoms. The summed E-state index contributed by atoms with van der Waals surface area (Å²) in [5.41, 5.74) is 6.40. The minimum Gasteiger partial charge on any atom is -0.481 e. The molecule has 0 heterocycles. The first-order valence-corrected chi connectivity index (χ1v) is 7.32. The number of carbonyl (C=O) groups is 2. The molecule has 24 heavy (non-hydrogen) atoms. The molecule has 122 valence electrons. The Morgan fingerprint density at radius 2 is 1.88 bits per heavy atom. The van der Waals surface area contributed by atoms with Crippen LogP contribution in [0.1, 0.15) is 24.1 Å². The summed E-state index contributed by atoms with van der Waals surface area (Å²) in [6.45, 7) is 1.55. The monoisotopic (exact) mass is 323 g/mol. The number of carbonyl (C=O) groups excluding carboxylic acids is 2. The predicted octanol–water partition coefficient (Wildman–Crippen LogP) is 1.67. The number of nitrogens with zero attached hydrogens (tertiary/aromatic N) is 1. The van der Waals surface area contributed by atoms with E-state index in [-0.39, 0.29) is 0 Å². The van der Waals surface area contributed by atoms with Crippen molar-refractivity contribution in [2.75, 3.05) is 0 Å². The highest BCUT2D eigenvalue weighted by atomic mass is 16.5. The molecule has 2 aromatic rings. The van der Waals surface area contributed by atoms with Gasteiger partial charge < -0.3 is 15.8 Å². The number of hydrogen-bond donors (Lipinski definition) is 2. The fourth-order valence-corrected chi connectivity index (χ4v) is 2.12. The lowest BCUT2D eigenvalue weighted by Crippen LogP contribution is -2.43. The van der Waals surface area contributed by atoms with Crippen LogP contribution in [0.5, 0.6) is 5.75 Å². The molecule has 0 aliphatic heterocycles. The van der Waals surface area contributed by atoms with E-state index in [1.54, 1.807) is 55.5 Å². The fraction of sp³-hybridized carbons (Fsp3) is 0.167. The number of nitriles is 1. The average Bonchev–Trinajstić information content (AvgIpc) is 2.60. The zero-order chi connectivity index (χ0) is 17.5. The van der Waals surface area contributed by atoms with Crippen molar-refractivity contribution in [3.8, 4) is 11.8 Å². The molecular formula is C18H17N3O3. The maximum Gasteiger partial charge on any atom is 0.261 e. The molecule has 0 aromatic heterocycles. The highest BCUT2D eigenvalue weighted by Crippen LogP contribution is 2.16. The maximum absolute atomic E-state index is 12.3. The van der Waals surface area contributed by atoms with E-state index in [2.05, 4.69) is 5.32 Å². The Morgan fingerprint density at radius 3 is 2.50 bits per heavy atom. The standard InChI is InChI=1S/C18H17N3O3/c1-12(24-15-9-5-6-13(10-15)11-19)18(23)21-16(17(20)22)14-7-3-2-4-8-14/h2-10,12,16H,1H3,(H2,20,22)(H,21,23)/t12-,16-/m1/s1. The predicted molar refractivity (Wildman–Crippen MR) is 87.8 cm³/mol. The van der Waals surface area contributed by atoms with Crippen molar-refractivity contribution >= 4 is 11.8 Å². The zero-order valence-electron chi connectivity index (χ0n) is 13.1. The van der Waals surface area contributed by atoms with Crippen LogP contribution in [0.2, 0.25) is 0 Å². The molecule has 2 atom stereocenters. The largest absolute Gasteiger partial charge is 0.481 e. The van der Waals surface area contributed by atoms with Gasteiger partial charge in [-0.3, -0.25) is 9.59 Å². The topological polar surface area (TPSA) is 105 Å². The molecule has 0 bridgehead atoms. The van der Waals surface area contributed by atoms with Gasteiger partial charge in [0.2, 0.25) is 5.91 Å². The lowest BCUT2D eigenvalue weighted by atomic mass is 10.1. The molecule has 0 aliphatic rings. The minimum absolute atomic E-state index is 0.395. The number of amides is 2. The van der Waals surface area contributed by atoms with Crippen LogP contribution in [0.25, 0.3) is 0 Å². The van der Waals surface area contributed by atoms with Crippen LogP contribution in [-0.2, 0) is 9.59 Å². The smallest absolute Gasteiger partial charge is 0.261 e. The number of primary amides is 1. The number of nitrogens with one attached hydrogen (secondary N) is 1. The number of benzene rings is 2. The Hall–Kier alpha value is -3.33. The Kier molecular flexibility index (Phi) is 5.53. The molecule has 2 rings (SSSR count). The van der Waals surface area contributed by atoms with Crippen LogP contribution in [-0.4, -0.2) is 17.9 Å². The van der Waals surface area contributed by atoms with E-state index in [4.69, 9.17) is 15.7 Å². The Morgan fingerprint density at radius 1 is 1.17 bits per heavy atom. The van der Waals surface area contributed by atoms with E-state index in [1.807, 2.05) is 6.07 Å². The van der Waals surface area contributed by atoms with Gasteiger partial charge in [-0.1, -0.05) is 36.4 Å². The summed E-state index contributed by atoms with van der Waals surface area (Å²) in [6, 6.07) is 16.3. The average molecular weight is 323 g/mol. The van der Waals surface area contributed by atoms with Gasteiger partial charge in [0.1, 0.15) is 11.8 Å². The summed E-state index contributed by atoms with van der Waals surface area (Å²) in [5, 5.41) is 11.5. The van der Waals surface area contributed by atoms with Crippen LogP contribution < -0.4 is 15.8 Å². The summed E-state index contributed by atoms with van der Waals surface area (Å²) < 4.78 is 5.52. The molecular weight excluding hydrogens is 306 g/mol. The molecule has 0 radical (unpaired) electrons. The second-order valence-electron chi connectivity index (χ2n) is 5.15. The first-order chi connectivity index (χ1) is 11.5. The Balaban J connectivity index is 2.06. The van der Waals surface area contributed by atoms with Crippen molar-refractivity contribution in [1.82, 2.24) is 5.32 Å². The van der Waals surface area contributed by atoms with E-state index in [1.165, 1.54) is 6.07 Å². The van der Waals surface area contributed by atoms with Gasteiger partial charge in [0, 0.05) is 0 Å². The van der Waals surface area contributed by atoms with Gasteiger partial charge in [-0.15, -0.1) is 0 Å². The SMILES string of the molecule is C[C@@H](Oc1cccc(C#N)c1)C(=O)N[C@@H](C(N)=O)c1ccccc1. The van der Waals surface area contributed by atoms with Crippen LogP contribution in [0.15, 0.2) is 54.6 Å². The quantitative estimate of drug-likeness (QED) is 0.843. The first kappa shape index (κ1) is 17.0. The van der Waals surface area contributed by atoms with Crippen LogP contribution >= 0.6 is 0 Å². The lowest BCUT2D eigenvalue weighted by molar-refractivity contribution is -0.131. The lowest BCUT2D eigenvalue weighted by Gasteiger charge is -2.19. The molecule has 2 amide bonds. The minimum atomic E-state index is -0.935. The van der Waals surface area contributed by atoms with E-state index in [9.17, 15) is 9.59 Å². The summed E-state index contributed by atoms with van der Waals surface area (Å²) in [4.78, 5) is 23.9. The molecule has 0 saturated heterocycles. The van der Waals surface area contributed by atoms with Crippen LogP contribution in [0.3, 0.4) is 0 Å². The number of hydrogen-bond acceptors (Lipinski definition) is 4. The molecule has 0 saturated carbocycles. The van der Waals surface area contributed by atoms with Crippen molar-refractivity contribution in [3.63, 3.8) is 0 Å². The Labute approximate surface area is 139 Å². The van der Waals surface area contributed by atoms with E-state index < -0.39 is 24.0 Å². The van der Waals surface area contributed by atoms with Gasteiger partial charge in [0.15, 0.2) is 6.10 Å². The summed E-state index contributed by atoms with van der Waals surface area (Å²) in [6.07, 6.45) is -0.857.